The van der Waals surface area contributed by atoms with E-state index in [1.54, 1.807) is 20.3 Å². The molecule has 2 aromatic carbocycles. The van der Waals surface area contributed by atoms with E-state index in [4.69, 9.17) is 14.6 Å². The Morgan fingerprint density at radius 2 is 1.70 bits per heavy atom. The molecule has 1 saturated carbocycles. The molecule has 4 atom stereocenters. The molecular weight excluding hydrogens is 702 g/mol. The summed E-state index contributed by atoms with van der Waals surface area (Å²) < 4.78 is 27.5. The monoisotopic (exact) mass is 756 g/mol. The van der Waals surface area contributed by atoms with Gasteiger partial charge in [0.1, 0.15) is 11.9 Å². The van der Waals surface area contributed by atoms with Crippen molar-refractivity contribution in [1.29, 1.82) is 0 Å². The summed E-state index contributed by atoms with van der Waals surface area (Å²) in [5.41, 5.74) is 4.55. The van der Waals surface area contributed by atoms with Crippen molar-refractivity contribution in [2.45, 2.75) is 90.3 Å². The van der Waals surface area contributed by atoms with Gasteiger partial charge in [-0.25, -0.2) is 4.39 Å². The first-order valence-corrected chi connectivity index (χ1v) is 17.4. The molecule has 1 aliphatic heterocycles. The zero-order valence-corrected chi connectivity index (χ0v) is 32.7. The van der Waals surface area contributed by atoms with Crippen LogP contribution in [-0.4, -0.2) is 83.1 Å². The van der Waals surface area contributed by atoms with Gasteiger partial charge in [0.05, 0.1) is 19.9 Å². The van der Waals surface area contributed by atoms with Crippen LogP contribution < -0.4 is 9.47 Å². The summed E-state index contributed by atoms with van der Waals surface area (Å²) >= 11 is 0. The Bertz CT molecular complexity index is 1500. The summed E-state index contributed by atoms with van der Waals surface area (Å²) in [6.45, 7) is 12.7. The smallest absolute Gasteiger partial charge is 0.321 e. The van der Waals surface area contributed by atoms with Crippen molar-refractivity contribution in [3.63, 3.8) is 0 Å². The third-order valence-corrected chi connectivity index (χ3v) is 10.5. The average molecular weight is 758 g/mol. The second-order valence-electron chi connectivity index (χ2n) is 13.7. The number of benzene rings is 2. The van der Waals surface area contributed by atoms with Crippen molar-refractivity contribution < 1.29 is 23.8 Å². The maximum absolute atomic E-state index is 14.4. The summed E-state index contributed by atoms with van der Waals surface area (Å²) in [7, 11) is 3.31. The number of carbonyl (C=O) groups is 1. The van der Waals surface area contributed by atoms with Gasteiger partial charge in [-0.3, -0.25) is 14.4 Å². The van der Waals surface area contributed by atoms with E-state index >= 15 is 0 Å². The number of carboxylic acids is 1. The molecule has 50 heavy (non-hydrogen) atoms. The van der Waals surface area contributed by atoms with E-state index in [0.717, 1.165) is 86.6 Å². The lowest BCUT2D eigenvalue weighted by atomic mass is 9.87. The van der Waals surface area contributed by atoms with Crippen LogP contribution in [-0.2, 0) is 17.8 Å². The lowest BCUT2D eigenvalue weighted by Crippen LogP contribution is -2.49. The van der Waals surface area contributed by atoms with Crippen molar-refractivity contribution in [3.8, 4) is 11.5 Å². The lowest BCUT2D eigenvalue weighted by molar-refractivity contribution is -0.146. The zero-order valence-electron chi connectivity index (χ0n) is 30.2. The predicted octanol–water partition coefficient (Wildman–Crippen LogP) is 8.09. The van der Waals surface area contributed by atoms with E-state index in [-0.39, 0.29) is 60.9 Å². The van der Waals surface area contributed by atoms with E-state index in [0.29, 0.717) is 18.4 Å². The van der Waals surface area contributed by atoms with E-state index < -0.39 is 12.0 Å². The SMILES string of the molecule is CCN(C1CC(CN2CCC(c3cc(Cc4ccc(OC)c(OC)c4)nn3CC)CC2)C(c2cccc(F)c2)C1)[C@@H](C(=O)O)C(C)C.Cl.Cl.Cl. The Morgan fingerprint density at radius 1 is 1.00 bits per heavy atom. The van der Waals surface area contributed by atoms with Gasteiger partial charge in [0.25, 0.3) is 0 Å². The van der Waals surface area contributed by atoms with Gasteiger partial charge < -0.3 is 19.5 Å². The van der Waals surface area contributed by atoms with Gasteiger partial charge in [-0.1, -0.05) is 39.0 Å². The van der Waals surface area contributed by atoms with Crippen molar-refractivity contribution in [1.82, 2.24) is 19.6 Å². The second-order valence-corrected chi connectivity index (χ2v) is 13.7. The molecule has 0 spiro atoms. The number of piperidine rings is 1. The minimum atomic E-state index is -0.757. The highest BCUT2D eigenvalue weighted by molar-refractivity contribution is 5.86. The number of hydrogen-bond donors (Lipinski definition) is 1. The summed E-state index contributed by atoms with van der Waals surface area (Å²) in [6, 6.07) is 15.0. The molecule has 5 rings (SSSR count). The molecule has 3 aromatic rings. The van der Waals surface area contributed by atoms with Crippen LogP contribution in [0.4, 0.5) is 4.39 Å². The molecule has 0 radical (unpaired) electrons. The van der Waals surface area contributed by atoms with E-state index in [9.17, 15) is 14.3 Å². The molecule has 1 N–H and O–H groups in total. The molecule has 0 amide bonds. The highest BCUT2D eigenvalue weighted by Crippen LogP contribution is 2.44. The summed E-state index contributed by atoms with van der Waals surface area (Å²) in [6.07, 6.45) is 4.65. The molecule has 0 bridgehead atoms. The Kier molecular flexibility index (Phi) is 17.3. The molecule has 2 aliphatic rings. The van der Waals surface area contributed by atoms with Gasteiger partial charge in [-0.05, 0) is 111 Å². The molecule has 3 unspecified atom stereocenters. The highest BCUT2D eigenvalue weighted by Gasteiger charge is 2.42. The number of carboxylic acid groups (broad SMARTS) is 1. The topological polar surface area (TPSA) is 80.1 Å². The molecule has 8 nitrogen and oxygen atoms in total. The van der Waals surface area contributed by atoms with Crippen LogP contribution in [0.15, 0.2) is 48.5 Å². The normalized spacial score (nSPS) is 20.1. The summed E-state index contributed by atoms with van der Waals surface area (Å²) in [5.74, 6) is 1.48. The number of likely N-dealkylation sites (tertiary alicyclic amines) is 1. The summed E-state index contributed by atoms with van der Waals surface area (Å²) in [4.78, 5) is 17.1. The number of likely N-dealkylation sites (N-methyl/N-ethyl adjacent to an activating group) is 1. The van der Waals surface area contributed by atoms with Crippen molar-refractivity contribution in [2.24, 2.45) is 11.8 Å². The number of hydrogen-bond acceptors (Lipinski definition) is 6. The highest BCUT2D eigenvalue weighted by atomic mass is 35.5. The molecular formula is C38H56Cl3FN4O4. The van der Waals surface area contributed by atoms with Crippen LogP contribution in [0, 0.1) is 17.7 Å². The van der Waals surface area contributed by atoms with Crippen LogP contribution in [0.5, 0.6) is 11.5 Å². The summed E-state index contributed by atoms with van der Waals surface area (Å²) in [5, 5.41) is 15.1. The van der Waals surface area contributed by atoms with E-state index in [1.165, 1.54) is 11.8 Å². The maximum atomic E-state index is 14.4. The van der Waals surface area contributed by atoms with Crippen LogP contribution in [0.2, 0.25) is 0 Å². The van der Waals surface area contributed by atoms with Crippen molar-refractivity contribution >= 4 is 43.2 Å². The number of ether oxygens (including phenoxy) is 2. The Morgan fingerprint density at radius 3 is 2.28 bits per heavy atom. The quantitative estimate of drug-likeness (QED) is 0.178. The molecule has 1 saturated heterocycles. The largest absolute Gasteiger partial charge is 0.493 e. The Labute approximate surface area is 316 Å². The Hall–Kier alpha value is -2.56. The molecule has 1 aliphatic carbocycles. The van der Waals surface area contributed by atoms with Crippen LogP contribution in [0.3, 0.4) is 0 Å². The number of rotatable bonds is 14. The standard InChI is InChI=1S/C38H53FN4O4.3ClH/c1-7-42(37(25(3)4)38(44)45)32-21-29(33(23-32)28-10-9-11-30(39)20-28)24-41-16-14-27(15-17-41)34-22-31(40-43(34)8-2)18-26-12-13-35(46-5)36(19-26)47-6;;;/h9-13,19-20,22,25,27,29,32-33,37H,7-8,14-18,21,23-24H2,1-6H3,(H,44,45);3*1H/t29?,32?,33?,37-;;;/m1.../s1. The third-order valence-electron chi connectivity index (χ3n) is 10.5. The fourth-order valence-corrected chi connectivity index (χ4v) is 8.30. The number of aliphatic carboxylic acids is 1. The first-order chi connectivity index (χ1) is 22.6. The minimum Gasteiger partial charge on any atom is -0.493 e. The predicted molar refractivity (Wildman–Crippen MR) is 205 cm³/mol. The number of aromatic nitrogens is 2. The first kappa shape index (κ1) is 43.6. The maximum Gasteiger partial charge on any atom is 0.321 e. The number of halogens is 4. The van der Waals surface area contributed by atoms with Gasteiger partial charge in [-0.2, -0.15) is 5.10 Å². The van der Waals surface area contributed by atoms with Gasteiger partial charge in [0, 0.05) is 37.2 Å². The Balaban J connectivity index is 0.00000289. The first-order valence-electron chi connectivity index (χ1n) is 17.4. The van der Waals surface area contributed by atoms with Crippen molar-refractivity contribution in [3.05, 3.63) is 76.9 Å². The van der Waals surface area contributed by atoms with Gasteiger partial charge in [-0.15, -0.1) is 37.2 Å². The molecule has 2 heterocycles. The lowest BCUT2D eigenvalue weighted by Gasteiger charge is -2.36. The number of methoxy groups -OCH3 is 2. The van der Waals surface area contributed by atoms with Gasteiger partial charge >= 0.3 is 5.97 Å². The van der Waals surface area contributed by atoms with Crippen LogP contribution in [0.1, 0.15) is 87.7 Å². The fraction of sp³-hybridized carbons (Fsp3) is 0.579. The fourth-order valence-electron chi connectivity index (χ4n) is 8.30. The van der Waals surface area contributed by atoms with E-state index in [1.807, 2.05) is 38.1 Å². The van der Waals surface area contributed by atoms with Gasteiger partial charge in [0.2, 0.25) is 0 Å². The number of nitrogens with zero attached hydrogens (tertiary/aromatic N) is 4. The van der Waals surface area contributed by atoms with Crippen LogP contribution >= 0.6 is 37.2 Å². The third kappa shape index (κ3) is 10.1. The molecule has 2 fully saturated rings. The number of aryl methyl sites for hydroxylation is 1. The van der Waals surface area contributed by atoms with Crippen LogP contribution in [0.25, 0.3) is 0 Å². The second kappa shape index (κ2) is 19.9. The zero-order chi connectivity index (χ0) is 33.7. The molecule has 1 aromatic heterocycles. The van der Waals surface area contributed by atoms with E-state index in [2.05, 4.69) is 40.5 Å². The molecule has 280 valence electrons. The van der Waals surface area contributed by atoms with Gasteiger partial charge in [0.15, 0.2) is 11.5 Å². The average Bonchev–Trinajstić information content (AvgIpc) is 3.67. The minimum absolute atomic E-state index is 0. The van der Waals surface area contributed by atoms with Crippen molar-refractivity contribution in [2.75, 3.05) is 40.4 Å². The molecule has 12 heteroatoms.